The first-order chi connectivity index (χ1) is 5.92. The molecular weight excluding hydrogens is 199 g/mol. The van der Waals surface area contributed by atoms with Gasteiger partial charge in [0.25, 0.3) is 0 Å². The maximum absolute atomic E-state index is 8.50. The fourth-order valence-electron chi connectivity index (χ4n) is 1.18. The standard InChI is InChI=1S/C9H6N2S.H3P/c10-6-12-9-5-11-8-4-2-1-3-7(8)9;/h1-5,11H;1H3. The number of thioether (sulfide) groups is 1. The van der Waals surface area contributed by atoms with Crippen LogP contribution in [0.2, 0.25) is 0 Å². The van der Waals surface area contributed by atoms with Gasteiger partial charge in [0, 0.05) is 22.0 Å². The van der Waals surface area contributed by atoms with E-state index in [1.165, 1.54) is 11.8 Å². The highest BCUT2D eigenvalue weighted by Gasteiger charge is 2.01. The van der Waals surface area contributed by atoms with Gasteiger partial charge in [-0.05, 0) is 17.8 Å². The number of para-hydroxylation sites is 1. The molecule has 0 aliphatic heterocycles. The number of nitriles is 1. The summed E-state index contributed by atoms with van der Waals surface area (Å²) in [7, 11) is 0. The predicted molar refractivity (Wildman–Crippen MR) is 60.9 cm³/mol. The highest BCUT2D eigenvalue weighted by molar-refractivity contribution is 8.04. The number of aromatic amines is 1. The highest BCUT2D eigenvalue weighted by atomic mass is 32.2. The van der Waals surface area contributed by atoms with E-state index in [1.807, 2.05) is 30.5 Å². The van der Waals surface area contributed by atoms with E-state index in [9.17, 15) is 0 Å². The van der Waals surface area contributed by atoms with Crippen LogP contribution in [-0.4, -0.2) is 4.98 Å². The van der Waals surface area contributed by atoms with Gasteiger partial charge in [0.05, 0.1) is 0 Å². The van der Waals surface area contributed by atoms with Gasteiger partial charge in [-0.3, -0.25) is 0 Å². The molecule has 0 fully saturated rings. The fourth-order valence-corrected chi connectivity index (χ4v) is 1.68. The van der Waals surface area contributed by atoms with Gasteiger partial charge in [-0.25, -0.2) is 0 Å². The van der Waals surface area contributed by atoms with Crippen LogP contribution in [0.15, 0.2) is 35.4 Å². The van der Waals surface area contributed by atoms with E-state index in [4.69, 9.17) is 5.26 Å². The number of hydrogen-bond donors (Lipinski definition) is 1. The lowest BCUT2D eigenvalue weighted by Gasteiger charge is -1.88. The number of nitrogens with one attached hydrogen (secondary N) is 1. The molecule has 1 N–H and O–H groups in total. The van der Waals surface area contributed by atoms with Crippen LogP contribution in [0.4, 0.5) is 0 Å². The average Bonchev–Trinajstić information content (AvgIpc) is 2.50. The molecule has 0 spiro atoms. The van der Waals surface area contributed by atoms with Crippen molar-refractivity contribution in [1.29, 1.82) is 5.26 Å². The van der Waals surface area contributed by atoms with Crippen molar-refractivity contribution >= 4 is 32.6 Å². The Balaban J connectivity index is 0.000000845. The summed E-state index contributed by atoms with van der Waals surface area (Å²) in [5, 5.41) is 11.7. The molecule has 4 heteroatoms. The van der Waals surface area contributed by atoms with E-state index in [1.54, 1.807) is 0 Å². The van der Waals surface area contributed by atoms with Gasteiger partial charge in [-0.2, -0.15) is 15.2 Å². The largest absolute Gasteiger partial charge is 0.360 e. The lowest BCUT2D eigenvalue weighted by atomic mass is 10.2. The van der Waals surface area contributed by atoms with Gasteiger partial charge < -0.3 is 4.98 Å². The minimum absolute atomic E-state index is 0. The third-order valence-corrected chi connectivity index (χ3v) is 2.36. The van der Waals surface area contributed by atoms with Crippen molar-refractivity contribution in [3.63, 3.8) is 0 Å². The molecule has 13 heavy (non-hydrogen) atoms. The second-order valence-corrected chi connectivity index (χ2v) is 3.22. The number of thiocyanates is 1. The number of H-pyrrole nitrogens is 1. The highest BCUT2D eigenvalue weighted by Crippen LogP contribution is 2.26. The summed E-state index contributed by atoms with van der Waals surface area (Å²) in [5.74, 6) is 0. The molecular formula is C9H9N2PS. The summed E-state index contributed by atoms with van der Waals surface area (Å²) in [6, 6.07) is 7.94. The molecule has 1 heterocycles. The molecule has 0 aliphatic rings. The van der Waals surface area contributed by atoms with Gasteiger partial charge in [-0.1, -0.05) is 18.2 Å². The van der Waals surface area contributed by atoms with Crippen molar-refractivity contribution in [2.75, 3.05) is 0 Å². The molecule has 1 aromatic carbocycles. The number of hydrogen-bond acceptors (Lipinski definition) is 2. The fraction of sp³-hybridized carbons (Fsp3) is 0. The minimum atomic E-state index is 0. The molecule has 1 atom stereocenters. The van der Waals surface area contributed by atoms with Crippen LogP contribution in [0.5, 0.6) is 0 Å². The number of rotatable bonds is 1. The predicted octanol–water partition coefficient (Wildman–Crippen LogP) is 2.80. The Hall–Kier alpha value is -0.970. The van der Waals surface area contributed by atoms with Crippen LogP contribution in [0.3, 0.4) is 0 Å². The van der Waals surface area contributed by atoms with E-state index >= 15 is 0 Å². The Morgan fingerprint density at radius 3 is 2.85 bits per heavy atom. The summed E-state index contributed by atoms with van der Waals surface area (Å²) in [6.07, 6.45) is 1.86. The van der Waals surface area contributed by atoms with E-state index < -0.39 is 0 Å². The Morgan fingerprint density at radius 1 is 1.31 bits per heavy atom. The van der Waals surface area contributed by atoms with Gasteiger partial charge >= 0.3 is 0 Å². The molecule has 2 rings (SSSR count). The SMILES string of the molecule is N#CSc1c[nH]c2ccccc12.P. The average molecular weight is 208 g/mol. The molecule has 0 saturated carbocycles. The first-order valence-electron chi connectivity index (χ1n) is 3.54. The quantitative estimate of drug-likeness (QED) is 0.444. The Kier molecular flexibility index (Phi) is 3.36. The van der Waals surface area contributed by atoms with Gasteiger partial charge in [0.15, 0.2) is 0 Å². The molecule has 2 nitrogen and oxygen atoms in total. The zero-order chi connectivity index (χ0) is 8.39. The number of aromatic nitrogens is 1. The van der Waals surface area contributed by atoms with Crippen LogP contribution >= 0.6 is 21.7 Å². The lowest BCUT2D eigenvalue weighted by molar-refractivity contribution is 1.42. The van der Waals surface area contributed by atoms with E-state index in [2.05, 4.69) is 10.4 Å². The van der Waals surface area contributed by atoms with Crippen LogP contribution in [-0.2, 0) is 0 Å². The Bertz CT molecular complexity index is 444. The summed E-state index contributed by atoms with van der Waals surface area (Å²) >= 11 is 1.19. The molecule has 0 saturated heterocycles. The zero-order valence-corrected chi connectivity index (χ0v) is 9.18. The van der Waals surface area contributed by atoms with Gasteiger partial charge in [0.1, 0.15) is 5.40 Å². The monoisotopic (exact) mass is 208 g/mol. The molecule has 0 amide bonds. The Morgan fingerprint density at radius 2 is 2.08 bits per heavy atom. The van der Waals surface area contributed by atoms with Crippen LogP contribution in [0.25, 0.3) is 10.9 Å². The van der Waals surface area contributed by atoms with E-state index in [0.717, 1.165) is 15.8 Å². The van der Waals surface area contributed by atoms with Crippen LogP contribution in [0.1, 0.15) is 0 Å². The summed E-state index contributed by atoms with van der Waals surface area (Å²) in [6.45, 7) is 0. The Labute approximate surface area is 84.0 Å². The molecule has 1 unspecified atom stereocenters. The second-order valence-electron chi connectivity index (χ2n) is 2.39. The third-order valence-electron chi connectivity index (χ3n) is 1.71. The lowest BCUT2D eigenvalue weighted by Crippen LogP contribution is -1.64. The maximum Gasteiger partial charge on any atom is 0.138 e. The molecule has 1 aromatic heterocycles. The summed E-state index contributed by atoms with van der Waals surface area (Å²) < 4.78 is 0. The third kappa shape index (κ3) is 1.85. The molecule has 66 valence electrons. The van der Waals surface area contributed by atoms with Crippen LogP contribution in [0, 0.1) is 10.7 Å². The summed E-state index contributed by atoms with van der Waals surface area (Å²) in [5.41, 5.74) is 1.08. The molecule has 0 radical (unpaired) electrons. The van der Waals surface area contributed by atoms with Gasteiger partial charge in [0.2, 0.25) is 0 Å². The van der Waals surface area contributed by atoms with Gasteiger partial charge in [-0.15, -0.1) is 0 Å². The maximum atomic E-state index is 8.50. The van der Waals surface area contributed by atoms with Crippen molar-refractivity contribution in [2.24, 2.45) is 0 Å². The second kappa shape index (κ2) is 4.32. The first-order valence-corrected chi connectivity index (χ1v) is 4.35. The van der Waals surface area contributed by atoms with Crippen molar-refractivity contribution in [2.45, 2.75) is 4.90 Å². The van der Waals surface area contributed by atoms with E-state index in [0.29, 0.717) is 0 Å². The number of benzene rings is 1. The van der Waals surface area contributed by atoms with Crippen molar-refractivity contribution in [3.05, 3.63) is 30.5 Å². The first kappa shape index (κ1) is 10.1. The zero-order valence-electron chi connectivity index (χ0n) is 6.95. The van der Waals surface area contributed by atoms with Crippen molar-refractivity contribution in [3.8, 4) is 5.40 Å². The number of nitrogens with zero attached hydrogens (tertiary/aromatic N) is 1. The van der Waals surface area contributed by atoms with Crippen molar-refractivity contribution < 1.29 is 0 Å². The summed E-state index contributed by atoms with van der Waals surface area (Å²) in [4.78, 5) is 4.09. The topological polar surface area (TPSA) is 39.6 Å². The minimum Gasteiger partial charge on any atom is -0.360 e. The molecule has 2 aromatic rings. The van der Waals surface area contributed by atoms with E-state index in [-0.39, 0.29) is 9.90 Å². The number of fused-ring (bicyclic) bond motifs is 1. The van der Waals surface area contributed by atoms with Crippen LogP contribution < -0.4 is 0 Å². The molecule has 0 bridgehead atoms. The molecule has 0 aliphatic carbocycles. The van der Waals surface area contributed by atoms with Crippen molar-refractivity contribution in [1.82, 2.24) is 4.98 Å². The normalized spacial score (nSPS) is 9.15. The smallest absolute Gasteiger partial charge is 0.138 e.